The lowest BCUT2D eigenvalue weighted by Crippen LogP contribution is -1.99. The van der Waals surface area contributed by atoms with Gasteiger partial charge in [0.1, 0.15) is 10.8 Å². The number of hydrogen-bond donors (Lipinski definition) is 1. The lowest BCUT2D eigenvalue weighted by Gasteiger charge is -1.97. The molecule has 0 aliphatic carbocycles. The molecule has 4 heteroatoms. The molecular weight excluding hydrogens is 218 g/mol. The number of nitrogens with zero attached hydrogens (tertiary/aromatic N) is 2. The predicted octanol–water partition coefficient (Wildman–Crippen LogP) is 2.95. The molecule has 1 N–H and O–H groups in total. The van der Waals surface area contributed by atoms with Crippen molar-refractivity contribution in [2.75, 3.05) is 11.9 Å². The molecule has 3 nitrogen and oxygen atoms in total. The van der Waals surface area contributed by atoms with E-state index in [2.05, 4.69) is 21.4 Å². The highest BCUT2D eigenvalue weighted by Gasteiger charge is 2.14. The molecule has 0 bridgehead atoms. The molecule has 3 heterocycles. The fraction of sp³-hybridized carbons (Fsp3) is 0.333. The molecule has 0 radical (unpaired) electrons. The van der Waals surface area contributed by atoms with Crippen LogP contribution in [0.3, 0.4) is 0 Å². The van der Waals surface area contributed by atoms with E-state index in [0.717, 1.165) is 29.4 Å². The van der Waals surface area contributed by atoms with Crippen LogP contribution in [0, 0.1) is 0 Å². The first-order valence-electron chi connectivity index (χ1n) is 5.57. The van der Waals surface area contributed by atoms with Crippen LogP contribution >= 0.6 is 11.3 Å². The highest BCUT2D eigenvalue weighted by Crippen LogP contribution is 2.32. The largest absolute Gasteiger partial charge is 0.369 e. The molecule has 2 aromatic rings. The standard InChI is InChI=1S/C12H13N3S/c1-2-7-14-11-10(5-1)16-12(15-11)9-4-3-6-13-8-9/h3-4,6,8,14H,1-2,5,7H2. The molecule has 82 valence electrons. The zero-order valence-electron chi connectivity index (χ0n) is 8.94. The molecule has 0 amide bonds. The Labute approximate surface area is 98.6 Å². The van der Waals surface area contributed by atoms with Gasteiger partial charge in [-0.2, -0.15) is 0 Å². The summed E-state index contributed by atoms with van der Waals surface area (Å²) in [6.45, 7) is 1.04. The van der Waals surface area contributed by atoms with Gasteiger partial charge in [-0.15, -0.1) is 11.3 Å². The van der Waals surface area contributed by atoms with Crippen molar-refractivity contribution in [3.05, 3.63) is 29.4 Å². The SMILES string of the molecule is c1cncc(-c2nc3c(s2)CCCCN3)c1. The highest BCUT2D eigenvalue weighted by molar-refractivity contribution is 7.15. The molecule has 3 rings (SSSR count). The summed E-state index contributed by atoms with van der Waals surface area (Å²) in [7, 11) is 0. The second-order valence-corrected chi connectivity index (χ2v) is 5.00. The lowest BCUT2D eigenvalue weighted by molar-refractivity contribution is 0.790. The van der Waals surface area contributed by atoms with Gasteiger partial charge in [-0.25, -0.2) is 4.98 Å². The fourth-order valence-electron chi connectivity index (χ4n) is 1.89. The summed E-state index contributed by atoms with van der Waals surface area (Å²) in [6, 6.07) is 4.01. The summed E-state index contributed by atoms with van der Waals surface area (Å²) in [6.07, 6.45) is 7.32. The van der Waals surface area contributed by atoms with Gasteiger partial charge < -0.3 is 5.32 Å². The first-order valence-corrected chi connectivity index (χ1v) is 6.39. The van der Waals surface area contributed by atoms with Crippen LogP contribution in [0.1, 0.15) is 17.7 Å². The maximum absolute atomic E-state index is 4.65. The van der Waals surface area contributed by atoms with Crippen LogP contribution in [0.25, 0.3) is 10.6 Å². The van der Waals surface area contributed by atoms with Gasteiger partial charge in [0.15, 0.2) is 0 Å². The second-order valence-electron chi connectivity index (χ2n) is 3.92. The van der Waals surface area contributed by atoms with Gasteiger partial charge in [0.25, 0.3) is 0 Å². The van der Waals surface area contributed by atoms with Gasteiger partial charge in [0, 0.05) is 29.4 Å². The quantitative estimate of drug-likeness (QED) is 0.820. The monoisotopic (exact) mass is 231 g/mol. The zero-order valence-corrected chi connectivity index (χ0v) is 9.76. The number of aryl methyl sites for hydroxylation is 1. The van der Waals surface area contributed by atoms with E-state index in [1.807, 2.05) is 12.3 Å². The van der Waals surface area contributed by atoms with E-state index >= 15 is 0 Å². The van der Waals surface area contributed by atoms with Crippen LogP contribution in [-0.2, 0) is 6.42 Å². The molecule has 1 aliphatic rings. The van der Waals surface area contributed by atoms with Gasteiger partial charge in [-0.1, -0.05) is 0 Å². The minimum atomic E-state index is 1.04. The Hall–Kier alpha value is -1.42. The number of fused-ring (bicyclic) bond motifs is 1. The Balaban J connectivity index is 1.98. The summed E-state index contributed by atoms with van der Waals surface area (Å²) in [5.41, 5.74) is 1.11. The first kappa shape index (κ1) is 9.78. The third kappa shape index (κ3) is 1.80. The maximum atomic E-state index is 4.65. The minimum absolute atomic E-state index is 1.04. The Morgan fingerprint density at radius 3 is 3.19 bits per heavy atom. The number of pyridine rings is 1. The topological polar surface area (TPSA) is 37.8 Å². The van der Waals surface area contributed by atoms with Crippen LogP contribution in [0.5, 0.6) is 0 Å². The predicted molar refractivity (Wildman–Crippen MR) is 66.8 cm³/mol. The van der Waals surface area contributed by atoms with Crippen LogP contribution in [-0.4, -0.2) is 16.5 Å². The average molecular weight is 231 g/mol. The molecule has 0 unspecified atom stereocenters. The van der Waals surface area contributed by atoms with E-state index in [1.165, 1.54) is 17.7 Å². The van der Waals surface area contributed by atoms with E-state index in [4.69, 9.17) is 0 Å². The highest BCUT2D eigenvalue weighted by atomic mass is 32.1. The summed E-state index contributed by atoms with van der Waals surface area (Å²) in [4.78, 5) is 10.2. The third-order valence-corrected chi connectivity index (χ3v) is 3.89. The van der Waals surface area contributed by atoms with Crippen LogP contribution in [0.15, 0.2) is 24.5 Å². The van der Waals surface area contributed by atoms with Crippen molar-refractivity contribution in [2.45, 2.75) is 19.3 Å². The Bertz CT molecular complexity index is 455. The van der Waals surface area contributed by atoms with Gasteiger partial charge in [-0.05, 0) is 31.4 Å². The van der Waals surface area contributed by atoms with E-state index < -0.39 is 0 Å². The number of hydrogen-bond acceptors (Lipinski definition) is 4. The minimum Gasteiger partial charge on any atom is -0.369 e. The van der Waals surface area contributed by atoms with Crippen LogP contribution < -0.4 is 5.32 Å². The van der Waals surface area contributed by atoms with E-state index in [1.54, 1.807) is 17.5 Å². The number of nitrogens with one attached hydrogen (secondary N) is 1. The number of rotatable bonds is 1. The molecule has 0 atom stereocenters. The summed E-state index contributed by atoms with van der Waals surface area (Å²) >= 11 is 1.79. The van der Waals surface area contributed by atoms with Crippen molar-refractivity contribution in [3.8, 4) is 10.6 Å². The Morgan fingerprint density at radius 1 is 1.31 bits per heavy atom. The maximum Gasteiger partial charge on any atom is 0.140 e. The Kier molecular flexibility index (Phi) is 2.58. The van der Waals surface area contributed by atoms with Crippen molar-refractivity contribution in [1.29, 1.82) is 0 Å². The molecule has 16 heavy (non-hydrogen) atoms. The van der Waals surface area contributed by atoms with E-state index in [9.17, 15) is 0 Å². The van der Waals surface area contributed by atoms with Crippen LogP contribution in [0.2, 0.25) is 0 Å². The molecule has 0 saturated carbocycles. The summed E-state index contributed by atoms with van der Waals surface area (Å²) < 4.78 is 0. The molecule has 1 aliphatic heterocycles. The number of thiazole rings is 1. The van der Waals surface area contributed by atoms with Gasteiger partial charge >= 0.3 is 0 Å². The van der Waals surface area contributed by atoms with E-state index in [0.29, 0.717) is 0 Å². The Morgan fingerprint density at radius 2 is 2.31 bits per heavy atom. The average Bonchev–Trinajstić information content (AvgIpc) is 2.62. The molecule has 0 saturated heterocycles. The van der Waals surface area contributed by atoms with Gasteiger partial charge in [-0.3, -0.25) is 4.98 Å². The van der Waals surface area contributed by atoms with Crippen molar-refractivity contribution < 1.29 is 0 Å². The second kappa shape index (κ2) is 4.22. The zero-order chi connectivity index (χ0) is 10.8. The normalized spacial score (nSPS) is 15.0. The van der Waals surface area contributed by atoms with Crippen molar-refractivity contribution in [3.63, 3.8) is 0 Å². The van der Waals surface area contributed by atoms with Crippen LogP contribution in [0.4, 0.5) is 5.82 Å². The number of anilines is 1. The third-order valence-electron chi connectivity index (χ3n) is 2.73. The molecule has 0 aromatic carbocycles. The molecule has 0 spiro atoms. The van der Waals surface area contributed by atoms with Crippen molar-refractivity contribution >= 4 is 17.2 Å². The molecule has 2 aromatic heterocycles. The first-order chi connectivity index (χ1) is 7.93. The van der Waals surface area contributed by atoms with Crippen molar-refractivity contribution in [1.82, 2.24) is 9.97 Å². The van der Waals surface area contributed by atoms with Gasteiger partial charge in [0.2, 0.25) is 0 Å². The molecular formula is C12H13N3S. The molecule has 0 fully saturated rings. The summed E-state index contributed by atoms with van der Waals surface area (Å²) in [5.74, 6) is 1.08. The lowest BCUT2D eigenvalue weighted by atomic mass is 10.2. The van der Waals surface area contributed by atoms with Crippen molar-refractivity contribution in [2.24, 2.45) is 0 Å². The summed E-state index contributed by atoms with van der Waals surface area (Å²) in [5, 5.41) is 4.47. The fourth-order valence-corrected chi connectivity index (χ4v) is 2.96. The smallest absolute Gasteiger partial charge is 0.140 e. The van der Waals surface area contributed by atoms with E-state index in [-0.39, 0.29) is 0 Å². The van der Waals surface area contributed by atoms with Gasteiger partial charge in [0.05, 0.1) is 0 Å². The number of aromatic nitrogens is 2.